The van der Waals surface area contributed by atoms with Crippen molar-refractivity contribution in [3.8, 4) is 0 Å². The second-order valence-electron chi connectivity index (χ2n) is 7.51. The van der Waals surface area contributed by atoms with Crippen molar-refractivity contribution in [2.45, 2.75) is 55.6 Å². The molecule has 0 bridgehead atoms. The lowest BCUT2D eigenvalue weighted by molar-refractivity contribution is -0.120. The number of carbonyl (C=O) groups excluding carboxylic acids is 1. The third-order valence-electron chi connectivity index (χ3n) is 5.26. The number of anilines is 1. The molecule has 3 N–H and O–H groups in total. The molecule has 2 unspecified atom stereocenters. The Hall–Kier alpha value is -1.98. The fraction of sp³-hybridized carbons (Fsp3) is 0.409. The maximum absolute atomic E-state index is 12.7. The maximum atomic E-state index is 12.7. The van der Waals surface area contributed by atoms with Gasteiger partial charge in [0, 0.05) is 27.5 Å². The molecule has 5 heteroatoms. The Morgan fingerprint density at radius 1 is 1.11 bits per heavy atom. The molecule has 27 heavy (non-hydrogen) atoms. The molecule has 0 aliphatic heterocycles. The lowest BCUT2D eigenvalue weighted by Crippen LogP contribution is -2.45. The van der Waals surface area contributed by atoms with E-state index >= 15 is 0 Å². The van der Waals surface area contributed by atoms with Gasteiger partial charge in [-0.3, -0.25) is 9.00 Å². The predicted octanol–water partition coefficient (Wildman–Crippen LogP) is 4.08. The van der Waals surface area contributed by atoms with Crippen LogP contribution in [0.3, 0.4) is 0 Å². The number of amides is 1. The van der Waals surface area contributed by atoms with Gasteiger partial charge < -0.3 is 11.1 Å². The van der Waals surface area contributed by atoms with Crippen molar-refractivity contribution >= 4 is 22.4 Å². The van der Waals surface area contributed by atoms with Gasteiger partial charge in [0.25, 0.3) is 0 Å². The molecule has 1 fully saturated rings. The van der Waals surface area contributed by atoms with Crippen molar-refractivity contribution in [3.05, 3.63) is 65.7 Å². The number of hydrogen-bond acceptors (Lipinski definition) is 3. The average molecular weight is 385 g/mol. The Balaban J connectivity index is 1.66. The smallest absolute Gasteiger partial charge is 0.248 e. The van der Waals surface area contributed by atoms with Gasteiger partial charge in [-0.25, -0.2) is 0 Å². The molecule has 0 saturated heterocycles. The molecule has 0 aromatic heterocycles. The number of nitrogens with two attached hydrogens (primary N) is 1. The van der Waals surface area contributed by atoms with Crippen LogP contribution in [0.5, 0.6) is 0 Å². The number of hydrogen-bond donors (Lipinski definition) is 2. The molecule has 2 aromatic carbocycles. The Bertz CT molecular complexity index is 799. The minimum absolute atomic E-state index is 0.265. The fourth-order valence-electron chi connectivity index (χ4n) is 3.53. The van der Waals surface area contributed by atoms with Gasteiger partial charge in [0.1, 0.15) is 5.54 Å². The molecule has 0 spiro atoms. The quantitative estimate of drug-likeness (QED) is 0.788. The highest BCUT2D eigenvalue weighted by molar-refractivity contribution is 7.84. The molecule has 0 radical (unpaired) electrons. The minimum atomic E-state index is -1.12. The summed E-state index contributed by atoms with van der Waals surface area (Å²) in [7, 11) is -0.863. The number of rotatable bonds is 6. The zero-order chi connectivity index (χ0) is 19.3. The van der Waals surface area contributed by atoms with E-state index in [0.29, 0.717) is 16.7 Å². The average Bonchev–Trinajstić information content (AvgIpc) is 2.69. The monoisotopic (exact) mass is 384 g/mol. The van der Waals surface area contributed by atoms with E-state index in [4.69, 9.17) is 5.73 Å². The first-order valence-corrected chi connectivity index (χ1v) is 11.0. The van der Waals surface area contributed by atoms with Crippen LogP contribution in [0.25, 0.3) is 0 Å². The summed E-state index contributed by atoms with van der Waals surface area (Å²) in [6, 6.07) is 16.9. The van der Waals surface area contributed by atoms with Crippen LogP contribution in [0, 0.1) is 0 Å². The molecule has 1 amide bonds. The van der Waals surface area contributed by atoms with E-state index < -0.39 is 16.3 Å². The van der Waals surface area contributed by atoms with Crippen LogP contribution in [0.1, 0.15) is 50.2 Å². The molecule has 0 heterocycles. The summed E-state index contributed by atoms with van der Waals surface area (Å²) >= 11 is 0. The van der Waals surface area contributed by atoms with Gasteiger partial charge >= 0.3 is 0 Å². The van der Waals surface area contributed by atoms with Gasteiger partial charge in [0.15, 0.2) is 0 Å². The summed E-state index contributed by atoms with van der Waals surface area (Å²) in [6.07, 6.45) is 5.74. The van der Waals surface area contributed by atoms with Crippen molar-refractivity contribution < 1.29 is 9.00 Å². The van der Waals surface area contributed by atoms with Crippen molar-refractivity contribution in [1.29, 1.82) is 0 Å². The number of nitrogens with one attached hydrogen (secondary N) is 1. The summed E-state index contributed by atoms with van der Waals surface area (Å²) in [5.41, 5.74) is 7.59. The lowest BCUT2D eigenvalue weighted by atomic mass is 9.92. The summed E-state index contributed by atoms with van der Waals surface area (Å²) < 4.78 is 12.6. The SMILES string of the molecule is CC(N)(C(=O)Nc1cccc(CS(=O)C2CCCCC2)c1)c1ccccc1. The summed E-state index contributed by atoms with van der Waals surface area (Å²) in [4.78, 5) is 12.7. The number of benzene rings is 2. The van der Waals surface area contributed by atoms with Gasteiger partial charge in [-0.2, -0.15) is 0 Å². The zero-order valence-electron chi connectivity index (χ0n) is 15.8. The topological polar surface area (TPSA) is 72.2 Å². The van der Waals surface area contributed by atoms with E-state index in [1.54, 1.807) is 6.92 Å². The van der Waals surface area contributed by atoms with Crippen LogP contribution in [0.4, 0.5) is 5.69 Å². The highest BCUT2D eigenvalue weighted by atomic mass is 32.2. The normalized spacial score (nSPS) is 18.4. The van der Waals surface area contributed by atoms with Crippen LogP contribution in [-0.2, 0) is 26.9 Å². The van der Waals surface area contributed by atoms with Crippen molar-refractivity contribution in [1.82, 2.24) is 0 Å². The van der Waals surface area contributed by atoms with E-state index in [1.807, 2.05) is 54.6 Å². The first-order chi connectivity index (χ1) is 13.0. The Kier molecular flexibility index (Phi) is 6.45. The zero-order valence-corrected chi connectivity index (χ0v) is 16.6. The molecular formula is C22H28N2O2S. The van der Waals surface area contributed by atoms with Gasteiger partial charge in [-0.05, 0) is 43.0 Å². The van der Waals surface area contributed by atoms with Crippen LogP contribution >= 0.6 is 0 Å². The van der Waals surface area contributed by atoms with E-state index in [1.165, 1.54) is 19.3 Å². The highest BCUT2D eigenvalue weighted by Gasteiger charge is 2.30. The van der Waals surface area contributed by atoms with Gasteiger partial charge in [-0.15, -0.1) is 0 Å². The Labute approximate surface area is 164 Å². The van der Waals surface area contributed by atoms with E-state index in [2.05, 4.69) is 5.32 Å². The number of carbonyl (C=O) groups is 1. The lowest BCUT2D eigenvalue weighted by Gasteiger charge is -2.24. The molecule has 1 aliphatic rings. The van der Waals surface area contributed by atoms with E-state index in [0.717, 1.165) is 24.0 Å². The summed E-state index contributed by atoms with van der Waals surface area (Å²) in [6.45, 7) is 1.71. The second-order valence-corrected chi connectivity index (χ2v) is 9.22. The highest BCUT2D eigenvalue weighted by Crippen LogP contribution is 2.25. The molecule has 4 nitrogen and oxygen atoms in total. The minimum Gasteiger partial charge on any atom is -0.324 e. The summed E-state index contributed by atoms with van der Waals surface area (Å²) in [5, 5.41) is 3.22. The molecule has 2 atom stereocenters. The molecule has 3 rings (SSSR count). The third kappa shape index (κ3) is 5.05. The van der Waals surface area contributed by atoms with E-state index in [-0.39, 0.29) is 5.91 Å². The first-order valence-electron chi connectivity index (χ1n) is 9.59. The Morgan fingerprint density at radius 3 is 2.52 bits per heavy atom. The van der Waals surface area contributed by atoms with Crippen LogP contribution in [0.15, 0.2) is 54.6 Å². The molecule has 1 saturated carbocycles. The first kappa shape index (κ1) is 19.8. The van der Waals surface area contributed by atoms with Crippen LogP contribution in [0.2, 0.25) is 0 Å². The Morgan fingerprint density at radius 2 is 1.81 bits per heavy atom. The standard InChI is InChI=1S/C22H28N2O2S/c1-22(23,18-10-4-2-5-11-18)21(25)24-19-12-8-9-17(15-19)16-27(26)20-13-6-3-7-14-20/h2,4-5,8-12,15,20H,3,6-7,13-14,16,23H2,1H3,(H,24,25). The van der Waals surface area contributed by atoms with Gasteiger partial charge in [0.05, 0.1) is 0 Å². The second kappa shape index (κ2) is 8.81. The fourth-order valence-corrected chi connectivity index (χ4v) is 5.13. The van der Waals surface area contributed by atoms with E-state index in [9.17, 15) is 9.00 Å². The molecular weight excluding hydrogens is 356 g/mol. The van der Waals surface area contributed by atoms with Crippen molar-refractivity contribution in [3.63, 3.8) is 0 Å². The molecule has 144 valence electrons. The molecule has 2 aromatic rings. The molecule has 1 aliphatic carbocycles. The maximum Gasteiger partial charge on any atom is 0.248 e. The van der Waals surface area contributed by atoms with Crippen LogP contribution in [-0.4, -0.2) is 15.4 Å². The van der Waals surface area contributed by atoms with Crippen LogP contribution < -0.4 is 11.1 Å². The third-order valence-corrected chi connectivity index (χ3v) is 7.10. The van der Waals surface area contributed by atoms with Gasteiger partial charge in [0.2, 0.25) is 5.91 Å². The van der Waals surface area contributed by atoms with Gasteiger partial charge in [-0.1, -0.05) is 61.7 Å². The van der Waals surface area contributed by atoms with Crippen molar-refractivity contribution in [2.24, 2.45) is 5.73 Å². The predicted molar refractivity (Wildman–Crippen MR) is 112 cm³/mol. The van der Waals surface area contributed by atoms with Crippen molar-refractivity contribution in [2.75, 3.05) is 5.32 Å². The largest absolute Gasteiger partial charge is 0.324 e. The summed E-state index contributed by atoms with van der Waals surface area (Å²) in [5.74, 6) is 0.270.